The van der Waals surface area contributed by atoms with E-state index in [9.17, 15) is 9.59 Å². The van der Waals surface area contributed by atoms with Crippen LogP contribution in [0.1, 0.15) is 17.8 Å². The van der Waals surface area contributed by atoms with Crippen LogP contribution in [-0.2, 0) is 17.8 Å². The Morgan fingerprint density at radius 2 is 2.14 bits per heavy atom. The number of nitrogens with one attached hydrogen (secondary N) is 2. The number of imidazole rings is 1. The van der Waals surface area contributed by atoms with Crippen LogP contribution in [0.3, 0.4) is 0 Å². The molecule has 0 atom stereocenters. The maximum Gasteiger partial charge on any atom is 0.251 e. The summed E-state index contributed by atoms with van der Waals surface area (Å²) in [6.07, 6.45) is 4.26. The van der Waals surface area contributed by atoms with Crippen molar-refractivity contribution < 1.29 is 9.53 Å². The van der Waals surface area contributed by atoms with Crippen LogP contribution in [-0.4, -0.2) is 27.4 Å². The second-order valence-corrected chi connectivity index (χ2v) is 6.52. The molecule has 1 aromatic carbocycles. The molecule has 142 valence electrons. The lowest BCUT2D eigenvalue weighted by molar-refractivity contribution is -0.121. The predicted octanol–water partition coefficient (Wildman–Crippen LogP) is 2.43. The molecule has 0 aliphatic heterocycles. The molecule has 2 N–H and O–H groups in total. The lowest BCUT2D eigenvalue weighted by Gasteiger charge is -2.07. The van der Waals surface area contributed by atoms with Crippen molar-refractivity contribution in [1.29, 1.82) is 0 Å². The van der Waals surface area contributed by atoms with Gasteiger partial charge in [-0.3, -0.25) is 9.59 Å². The van der Waals surface area contributed by atoms with E-state index in [0.29, 0.717) is 18.5 Å². The van der Waals surface area contributed by atoms with Gasteiger partial charge >= 0.3 is 0 Å². The summed E-state index contributed by atoms with van der Waals surface area (Å²) in [6.45, 7) is 0.336. The molecule has 0 saturated carbocycles. The summed E-state index contributed by atoms with van der Waals surface area (Å²) < 4.78 is 7.16. The Kier molecular flexibility index (Phi) is 4.80. The Morgan fingerprint density at radius 1 is 1.25 bits per heavy atom. The molecule has 7 nitrogen and oxygen atoms in total. The van der Waals surface area contributed by atoms with E-state index in [1.807, 2.05) is 40.9 Å². The molecular formula is C21H20N4O3. The molecule has 0 aliphatic carbocycles. The number of hydrogen-bond donors (Lipinski definition) is 2. The number of methoxy groups -OCH3 is 1. The van der Waals surface area contributed by atoms with Crippen molar-refractivity contribution in [2.24, 2.45) is 0 Å². The maximum atomic E-state index is 12.3. The van der Waals surface area contributed by atoms with Crippen LogP contribution < -0.4 is 15.6 Å². The minimum absolute atomic E-state index is 0.127. The van der Waals surface area contributed by atoms with Crippen LogP contribution in [0, 0.1) is 0 Å². The topological polar surface area (TPSA) is 88.5 Å². The summed E-state index contributed by atoms with van der Waals surface area (Å²) in [7, 11) is 1.60. The van der Waals surface area contributed by atoms with E-state index in [1.165, 1.54) is 0 Å². The monoisotopic (exact) mass is 376 g/mol. The van der Waals surface area contributed by atoms with Crippen LogP contribution in [0.2, 0.25) is 0 Å². The minimum Gasteiger partial charge on any atom is -0.497 e. The molecule has 0 spiro atoms. The molecule has 7 heteroatoms. The summed E-state index contributed by atoms with van der Waals surface area (Å²) in [6, 6.07) is 13.1. The van der Waals surface area contributed by atoms with Crippen LogP contribution in [0.5, 0.6) is 5.75 Å². The zero-order valence-electron chi connectivity index (χ0n) is 15.4. The minimum atomic E-state index is -0.176. The summed E-state index contributed by atoms with van der Waals surface area (Å²) in [5.41, 5.74) is 2.11. The van der Waals surface area contributed by atoms with E-state index in [1.54, 1.807) is 25.4 Å². The van der Waals surface area contributed by atoms with E-state index in [-0.39, 0.29) is 17.9 Å². The number of aryl methyl sites for hydroxylation is 1. The number of fused-ring (bicyclic) bond motifs is 2. The molecule has 0 saturated heterocycles. The van der Waals surface area contributed by atoms with Gasteiger partial charge in [-0.05, 0) is 42.8 Å². The van der Waals surface area contributed by atoms with Crippen molar-refractivity contribution in [3.05, 3.63) is 76.6 Å². The zero-order chi connectivity index (χ0) is 19.5. The number of nitrogens with zero attached hydrogens (tertiary/aromatic N) is 2. The summed E-state index contributed by atoms with van der Waals surface area (Å²) in [4.78, 5) is 31.7. The highest BCUT2D eigenvalue weighted by atomic mass is 16.5. The average molecular weight is 376 g/mol. The highest BCUT2D eigenvalue weighted by Crippen LogP contribution is 2.19. The van der Waals surface area contributed by atoms with Crippen molar-refractivity contribution >= 4 is 22.3 Å². The number of amides is 1. The Labute approximate surface area is 161 Å². The molecule has 0 radical (unpaired) electrons. The lowest BCUT2D eigenvalue weighted by atomic mass is 10.1. The van der Waals surface area contributed by atoms with Gasteiger partial charge in [-0.1, -0.05) is 6.07 Å². The van der Waals surface area contributed by atoms with Gasteiger partial charge in [0.1, 0.15) is 11.6 Å². The number of pyridine rings is 2. The summed E-state index contributed by atoms with van der Waals surface area (Å²) in [5.74, 6) is 1.35. The largest absolute Gasteiger partial charge is 0.497 e. The van der Waals surface area contributed by atoms with Gasteiger partial charge in [0.2, 0.25) is 5.91 Å². The molecule has 3 heterocycles. The molecule has 0 fully saturated rings. The van der Waals surface area contributed by atoms with Gasteiger partial charge in [0, 0.05) is 29.1 Å². The molecule has 4 rings (SSSR count). The van der Waals surface area contributed by atoms with Crippen molar-refractivity contribution in [3.63, 3.8) is 0 Å². The fraction of sp³-hybridized carbons (Fsp3) is 0.190. The van der Waals surface area contributed by atoms with E-state index in [0.717, 1.165) is 28.0 Å². The number of hydrogen-bond acceptors (Lipinski definition) is 4. The number of carbonyl (C=O) groups excluding carboxylic acids is 1. The number of aromatic amines is 1. The number of H-pyrrole nitrogens is 1. The number of ether oxygens (including phenoxy) is 1. The van der Waals surface area contributed by atoms with Gasteiger partial charge in [0.25, 0.3) is 5.56 Å². The van der Waals surface area contributed by atoms with Gasteiger partial charge in [0.15, 0.2) is 0 Å². The Balaban J connectivity index is 1.41. The Bertz CT molecular complexity index is 1210. The fourth-order valence-corrected chi connectivity index (χ4v) is 3.19. The van der Waals surface area contributed by atoms with Gasteiger partial charge in [-0.25, -0.2) is 4.98 Å². The highest BCUT2D eigenvalue weighted by molar-refractivity contribution is 5.81. The molecule has 0 bridgehead atoms. The average Bonchev–Trinajstić information content (AvgIpc) is 3.13. The van der Waals surface area contributed by atoms with Crippen molar-refractivity contribution in [2.75, 3.05) is 7.11 Å². The van der Waals surface area contributed by atoms with Crippen molar-refractivity contribution in [1.82, 2.24) is 19.7 Å². The molecule has 3 aromatic heterocycles. The van der Waals surface area contributed by atoms with E-state index >= 15 is 0 Å². The van der Waals surface area contributed by atoms with Crippen LogP contribution in [0.25, 0.3) is 16.4 Å². The van der Waals surface area contributed by atoms with Crippen LogP contribution in [0.4, 0.5) is 0 Å². The van der Waals surface area contributed by atoms with Gasteiger partial charge in [-0.2, -0.15) is 0 Å². The normalized spacial score (nSPS) is 11.0. The highest BCUT2D eigenvalue weighted by Gasteiger charge is 2.09. The van der Waals surface area contributed by atoms with Gasteiger partial charge in [0.05, 0.1) is 25.4 Å². The van der Waals surface area contributed by atoms with E-state index < -0.39 is 0 Å². The predicted molar refractivity (Wildman–Crippen MR) is 106 cm³/mol. The number of carbonyl (C=O) groups is 1. The first-order valence-electron chi connectivity index (χ1n) is 9.01. The van der Waals surface area contributed by atoms with E-state index in [2.05, 4.69) is 15.3 Å². The second kappa shape index (κ2) is 7.56. The lowest BCUT2D eigenvalue weighted by Crippen LogP contribution is -2.25. The molecule has 4 aromatic rings. The standard InChI is InChI=1S/C21H20N4O3/c1-28-17-6-7-18-15(11-17)10-14(21(27)24-18)5-8-20(26)23-13-19-22-12-16-4-2-3-9-25(16)19/h2-4,6-7,9-12H,5,8,13H2,1H3,(H,23,26)(H,24,27). The number of benzene rings is 1. The molecule has 0 aliphatic rings. The number of aromatic nitrogens is 3. The van der Waals surface area contributed by atoms with Gasteiger partial charge in [-0.15, -0.1) is 0 Å². The molecule has 28 heavy (non-hydrogen) atoms. The second-order valence-electron chi connectivity index (χ2n) is 6.52. The maximum absolute atomic E-state index is 12.3. The molecule has 0 unspecified atom stereocenters. The SMILES string of the molecule is COc1ccc2[nH]c(=O)c(CCC(=O)NCc3ncc4ccccn34)cc2c1. The van der Waals surface area contributed by atoms with Crippen LogP contribution >= 0.6 is 0 Å². The first-order valence-corrected chi connectivity index (χ1v) is 9.01. The summed E-state index contributed by atoms with van der Waals surface area (Å²) >= 11 is 0. The zero-order valence-corrected chi connectivity index (χ0v) is 15.4. The third-order valence-corrected chi connectivity index (χ3v) is 4.71. The summed E-state index contributed by atoms with van der Waals surface area (Å²) in [5, 5.41) is 3.74. The quantitative estimate of drug-likeness (QED) is 0.541. The van der Waals surface area contributed by atoms with Crippen molar-refractivity contribution in [3.8, 4) is 5.75 Å². The molecule has 1 amide bonds. The van der Waals surface area contributed by atoms with E-state index in [4.69, 9.17) is 4.74 Å². The molecular weight excluding hydrogens is 356 g/mol. The van der Waals surface area contributed by atoms with Crippen LogP contribution in [0.15, 0.2) is 59.7 Å². The van der Waals surface area contributed by atoms with Crippen molar-refractivity contribution in [2.45, 2.75) is 19.4 Å². The first kappa shape index (κ1) is 17.8. The fourth-order valence-electron chi connectivity index (χ4n) is 3.19. The Hall–Kier alpha value is -3.61. The van der Waals surface area contributed by atoms with Gasteiger partial charge < -0.3 is 19.4 Å². The Morgan fingerprint density at radius 3 is 3.00 bits per heavy atom. The first-order chi connectivity index (χ1) is 13.6. The smallest absolute Gasteiger partial charge is 0.251 e. The third kappa shape index (κ3) is 3.59. The number of rotatable bonds is 6. The third-order valence-electron chi connectivity index (χ3n) is 4.71.